The quantitative estimate of drug-likeness (QED) is 0.382. The summed E-state index contributed by atoms with van der Waals surface area (Å²) < 4.78 is 0. The Morgan fingerprint density at radius 3 is 1.91 bits per heavy atom. The van der Waals surface area contributed by atoms with E-state index < -0.39 is 0 Å². The van der Waals surface area contributed by atoms with Crippen molar-refractivity contribution in [3.05, 3.63) is 93.5 Å². The second-order valence-electron chi connectivity index (χ2n) is 12.2. The molecule has 0 fully saturated rings. The summed E-state index contributed by atoms with van der Waals surface area (Å²) in [5.41, 5.74) is 13.6. The fourth-order valence-electron chi connectivity index (χ4n) is 5.85. The minimum Gasteiger partial charge on any atom is -0.0651 e. The number of rotatable bonds is 3. The summed E-state index contributed by atoms with van der Waals surface area (Å²) in [6, 6.07) is 21.4. The minimum atomic E-state index is 0.134. The summed E-state index contributed by atoms with van der Waals surface area (Å²) >= 11 is 0. The molecule has 1 atom stereocenters. The molecule has 0 saturated carbocycles. The monoisotopic (exact) mass is 438 g/mol. The molecule has 1 aliphatic rings. The fraction of sp³-hybridized carbons (Fsp3) is 0.455. The van der Waals surface area contributed by atoms with Crippen LogP contribution in [0.15, 0.2) is 54.6 Å². The summed E-state index contributed by atoms with van der Waals surface area (Å²) in [6.07, 6.45) is 4.56. The van der Waals surface area contributed by atoms with E-state index in [0.717, 1.165) is 19.3 Å². The third-order valence-corrected chi connectivity index (χ3v) is 7.47. The van der Waals surface area contributed by atoms with Gasteiger partial charge in [-0.15, -0.1) is 0 Å². The predicted molar refractivity (Wildman–Crippen MR) is 145 cm³/mol. The van der Waals surface area contributed by atoms with Gasteiger partial charge in [0.1, 0.15) is 0 Å². The van der Waals surface area contributed by atoms with Gasteiger partial charge in [0, 0.05) is 0 Å². The standard InChI is InChI=1S/C33H42/c1-9-12-23-15-16-29-27(17-23)19-25(18-24-13-10-11-14-28(24)29)26-20-30(32(3,4)5)22(2)31(21-26)33(6,7)8/h10-11,13-17,20-21,25H,9,12,18-19H2,1-8H3. The molecule has 0 radical (unpaired) electrons. The third-order valence-electron chi connectivity index (χ3n) is 7.47. The van der Waals surface area contributed by atoms with Crippen molar-refractivity contribution in [2.24, 2.45) is 0 Å². The fourth-order valence-corrected chi connectivity index (χ4v) is 5.85. The van der Waals surface area contributed by atoms with Crippen molar-refractivity contribution >= 4 is 0 Å². The van der Waals surface area contributed by atoms with E-state index in [2.05, 4.69) is 110 Å². The number of hydrogen-bond donors (Lipinski definition) is 0. The van der Waals surface area contributed by atoms with Crippen molar-refractivity contribution in [2.75, 3.05) is 0 Å². The Morgan fingerprint density at radius 2 is 1.30 bits per heavy atom. The number of aryl methyl sites for hydroxylation is 1. The molecular formula is C33H42. The number of benzene rings is 3. The first kappa shape index (κ1) is 23.8. The van der Waals surface area contributed by atoms with Crippen LogP contribution in [0.2, 0.25) is 0 Å². The highest BCUT2D eigenvalue weighted by atomic mass is 14.3. The second kappa shape index (κ2) is 8.79. The van der Waals surface area contributed by atoms with Gasteiger partial charge in [-0.3, -0.25) is 0 Å². The molecule has 0 aromatic heterocycles. The lowest BCUT2D eigenvalue weighted by Gasteiger charge is -2.31. The Morgan fingerprint density at radius 1 is 0.727 bits per heavy atom. The lowest BCUT2D eigenvalue weighted by Crippen LogP contribution is -2.21. The first-order chi connectivity index (χ1) is 15.5. The van der Waals surface area contributed by atoms with Crippen molar-refractivity contribution in [3.8, 4) is 11.1 Å². The largest absolute Gasteiger partial charge is 0.0651 e. The van der Waals surface area contributed by atoms with Gasteiger partial charge in [0.25, 0.3) is 0 Å². The zero-order valence-electron chi connectivity index (χ0n) is 22.1. The maximum absolute atomic E-state index is 2.54. The van der Waals surface area contributed by atoms with Crippen LogP contribution in [0.25, 0.3) is 11.1 Å². The summed E-state index contributed by atoms with van der Waals surface area (Å²) in [4.78, 5) is 0. The molecule has 0 saturated heterocycles. The van der Waals surface area contributed by atoms with Crippen molar-refractivity contribution in [2.45, 2.75) is 97.8 Å². The van der Waals surface area contributed by atoms with Crippen LogP contribution in [0.4, 0.5) is 0 Å². The highest BCUT2D eigenvalue weighted by Crippen LogP contribution is 2.42. The minimum absolute atomic E-state index is 0.134. The van der Waals surface area contributed by atoms with E-state index in [-0.39, 0.29) is 10.8 Å². The van der Waals surface area contributed by atoms with Crippen LogP contribution in [0.1, 0.15) is 99.7 Å². The van der Waals surface area contributed by atoms with Gasteiger partial charge in [-0.1, -0.05) is 109 Å². The Balaban J connectivity index is 1.90. The number of fused-ring (bicyclic) bond motifs is 3. The zero-order valence-corrected chi connectivity index (χ0v) is 22.1. The smallest absolute Gasteiger partial charge is 0.00804 e. The maximum Gasteiger partial charge on any atom is -0.00804 e. The maximum atomic E-state index is 2.54. The van der Waals surface area contributed by atoms with Crippen LogP contribution < -0.4 is 0 Å². The van der Waals surface area contributed by atoms with E-state index in [1.54, 1.807) is 0 Å². The van der Waals surface area contributed by atoms with Gasteiger partial charge in [0.05, 0.1) is 0 Å². The molecule has 174 valence electrons. The molecule has 0 bridgehead atoms. The summed E-state index contributed by atoms with van der Waals surface area (Å²) in [6.45, 7) is 18.8. The van der Waals surface area contributed by atoms with E-state index in [1.165, 1.54) is 56.5 Å². The Kier molecular flexibility index (Phi) is 6.34. The van der Waals surface area contributed by atoms with Gasteiger partial charge in [-0.05, 0) is 93.0 Å². The predicted octanol–water partition coefficient (Wildman–Crippen LogP) is 9.09. The highest BCUT2D eigenvalue weighted by molar-refractivity contribution is 5.72. The van der Waals surface area contributed by atoms with E-state index in [0.29, 0.717) is 5.92 Å². The molecule has 0 aliphatic heterocycles. The average Bonchev–Trinajstić information content (AvgIpc) is 2.89. The second-order valence-corrected chi connectivity index (χ2v) is 12.2. The molecule has 1 unspecified atom stereocenters. The molecule has 3 aromatic carbocycles. The van der Waals surface area contributed by atoms with Crippen LogP contribution in [0.5, 0.6) is 0 Å². The molecule has 0 amide bonds. The lowest BCUT2D eigenvalue weighted by molar-refractivity contribution is 0.555. The molecule has 33 heavy (non-hydrogen) atoms. The highest BCUT2D eigenvalue weighted by Gasteiger charge is 2.28. The Hall–Kier alpha value is -2.34. The van der Waals surface area contributed by atoms with Gasteiger partial charge in [0.2, 0.25) is 0 Å². The van der Waals surface area contributed by atoms with E-state index in [9.17, 15) is 0 Å². The zero-order chi connectivity index (χ0) is 24.0. The van der Waals surface area contributed by atoms with Gasteiger partial charge in [-0.25, -0.2) is 0 Å². The number of hydrogen-bond acceptors (Lipinski definition) is 0. The third kappa shape index (κ3) is 4.81. The van der Waals surface area contributed by atoms with Crippen LogP contribution in [-0.2, 0) is 30.1 Å². The Labute approximate surface area is 202 Å². The van der Waals surface area contributed by atoms with Crippen LogP contribution in [0, 0.1) is 6.92 Å². The van der Waals surface area contributed by atoms with Crippen LogP contribution >= 0.6 is 0 Å². The molecule has 0 nitrogen and oxygen atoms in total. The summed E-state index contributed by atoms with van der Waals surface area (Å²) in [5, 5.41) is 0. The molecule has 0 spiro atoms. The SMILES string of the molecule is CCCc1ccc2c(c1)CC(c1cc(C(C)(C)C)c(C)c(C(C)(C)C)c1)Cc1ccccc1-2. The molecule has 0 heterocycles. The molecular weight excluding hydrogens is 396 g/mol. The molecule has 0 N–H and O–H groups in total. The first-order valence-electron chi connectivity index (χ1n) is 12.8. The molecule has 4 rings (SSSR count). The van der Waals surface area contributed by atoms with Crippen LogP contribution in [0.3, 0.4) is 0 Å². The lowest BCUT2D eigenvalue weighted by atomic mass is 9.73. The average molecular weight is 439 g/mol. The van der Waals surface area contributed by atoms with Crippen molar-refractivity contribution in [1.82, 2.24) is 0 Å². The van der Waals surface area contributed by atoms with E-state index in [4.69, 9.17) is 0 Å². The van der Waals surface area contributed by atoms with Gasteiger partial charge < -0.3 is 0 Å². The van der Waals surface area contributed by atoms with Crippen molar-refractivity contribution in [1.29, 1.82) is 0 Å². The van der Waals surface area contributed by atoms with Crippen LogP contribution in [-0.4, -0.2) is 0 Å². The summed E-state index contributed by atoms with van der Waals surface area (Å²) in [5.74, 6) is 0.493. The van der Waals surface area contributed by atoms with Gasteiger partial charge >= 0.3 is 0 Å². The molecule has 1 aliphatic carbocycles. The Bertz CT molecular complexity index is 1110. The van der Waals surface area contributed by atoms with Crippen molar-refractivity contribution < 1.29 is 0 Å². The first-order valence-corrected chi connectivity index (χ1v) is 12.8. The topological polar surface area (TPSA) is 0 Å². The van der Waals surface area contributed by atoms with Gasteiger partial charge in [0.15, 0.2) is 0 Å². The van der Waals surface area contributed by atoms with E-state index >= 15 is 0 Å². The summed E-state index contributed by atoms with van der Waals surface area (Å²) in [7, 11) is 0. The van der Waals surface area contributed by atoms with Crippen molar-refractivity contribution in [3.63, 3.8) is 0 Å². The van der Waals surface area contributed by atoms with Gasteiger partial charge in [-0.2, -0.15) is 0 Å². The molecule has 3 aromatic rings. The normalized spacial score (nSPS) is 16.2. The molecule has 0 heteroatoms. The van der Waals surface area contributed by atoms with E-state index in [1.807, 2.05) is 0 Å².